The Kier molecular flexibility index (Phi) is 4.64. The predicted molar refractivity (Wildman–Crippen MR) is 99.1 cm³/mol. The summed E-state index contributed by atoms with van der Waals surface area (Å²) in [6.07, 6.45) is 4.05. The molecular formula is C17H18BrClN4O. The van der Waals surface area contributed by atoms with Crippen LogP contribution in [-0.4, -0.2) is 15.1 Å². The third kappa shape index (κ3) is 2.94. The number of aryl methyl sites for hydroxylation is 1. The molecule has 3 aromatic rings. The highest BCUT2D eigenvalue weighted by atomic mass is 79.9. The average Bonchev–Trinajstić information content (AvgIpc) is 3.17. The van der Waals surface area contributed by atoms with Crippen molar-refractivity contribution in [1.82, 2.24) is 15.1 Å². The fourth-order valence-corrected chi connectivity index (χ4v) is 3.63. The molecule has 4 rings (SSSR count). The third-order valence-electron chi connectivity index (χ3n) is 4.50. The van der Waals surface area contributed by atoms with E-state index in [1.165, 1.54) is 0 Å². The quantitative estimate of drug-likeness (QED) is 0.674. The molecule has 0 bridgehead atoms. The summed E-state index contributed by atoms with van der Waals surface area (Å²) >= 11 is 3.51. The molecule has 0 atom stereocenters. The molecule has 1 aliphatic rings. The normalized spacial score (nSPS) is 16.3. The van der Waals surface area contributed by atoms with Gasteiger partial charge in [0, 0.05) is 15.6 Å². The van der Waals surface area contributed by atoms with Gasteiger partial charge in [-0.15, -0.1) is 12.4 Å². The number of pyridine rings is 1. The number of nitrogens with zero attached hydrogens (tertiary/aromatic N) is 3. The van der Waals surface area contributed by atoms with E-state index in [0.29, 0.717) is 11.7 Å². The molecule has 1 aliphatic carbocycles. The van der Waals surface area contributed by atoms with E-state index in [4.69, 9.17) is 10.3 Å². The van der Waals surface area contributed by atoms with Crippen molar-refractivity contribution < 1.29 is 4.52 Å². The van der Waals surface area contributed by atoms with Crippen LogP contribution in [0.3, 0.4) is 0 Å². The number of rotatable bonds is 2. The molecule has 2 heterocycles. The monoisotopic (exact) mass is 408 g/mol. The number of fused-ring (bicyclic) bond motifs is 1. The Balaban J connectivity index is 0.00000169. The Morgan fingerprint density at radius 1 is 1.17 bits per heavy atom. The largest absolute Gasteiger partial charge is 0.334 e. The van der Waals surface area contributed by atoms with Crippen molar-refractivity contribution in [2.24, 2.45) is 5.73 Å². The summed E-state index contributed by atoms with van der Waals surface area (Å²) in [4.78, 5) is 9.17. The van der Waals surface area contributed by atoms with Crippen LogP contribution < -0.4 is 5.73 Å². The second kappa shape index (κ2) is 6.43. The van der Waals surface area contributed by atoms with E-state index >= 15 is 0 Å². The molecule has 5 nitrogen and oxygen atoms in total. The lowest BCUT2D eigenvalue weighted by Gasteiger charge is -2.17. The molecule has 126 valence electrons. The number of hydrogen-bond acceptors (Lipinski definition) is 5. The van der Waals surface area contributed by atoms with Crippen LogP contribution in [0.15, 0.2) is 33.3 Å². The molecule has 2 N–H and O–H groups in total. The van der Waals surface area contributed by atoms with Crippen molar-refractivity contribution in [2.75, 3.05) is 0 Å². The Labute approximate surface area is 154 Å². The minimum Gasteiger partial charge on any atom is -0.334 e. The first kappa shape index (κ1) is 17.3. The van der Waals surface area contributed by atoms with Gasteiger partial charge in [0.25, 0.3) is 5.89 Å². The molecule has 0 spiro atoms. The fraction of sp³-hybridized carbons (Fsp3) is 0.353. The maximum absolute atomic E-state index is 6.43. The summed E-state index contributed by atoms with van der Waals surface area (Å²) < 4.78 is 6.54. The molecule has 7 heteroatoms. The zero-order chi connectivity index (χ0) is 16.0. The van der Waals surface area contributed by atoms with E-state index in [1.807, 2.05) is 31.2 Å². The molecule has 0 amide bonds. The zero-order valence-corrected chi connectivity index (χ0v) is 15.7. The van der Waals surface area contributed by atoms with Gasteiger partial charge in [0.1, 0.15) is 0 Å². The first-order chi connectivity index (χ1) is 11.0. The number of halogens is 2. The Hall–Kier alpha value is -1.50. The highest BCUT2D eigenvalue weighted by Crippen LogP contribution is 2.36. The van der Waals surface area contributed by atoms with Crippen LogP contribution in [0.25, 0.3) is 22.4 Å². The van der Waals surface area contributed by atoms with Crippen molar-refractivity contribution in [3.05, 3.63) is 40.3 Å². The molecule has 0 saturated heterocycles. The van der Waals surface area contributed by atoms with Gasteiger partial charge in [-0.05, 0) is 44.0 Å². The van der Waals surface area contributed by atoms with Crippen molar-refractivity contribution in [1.29, 1.82) is 0 Å². The van der Waals surface area contributed by atoms with E-state index in [9.17, 15) is 0 Å². The molecule has 0 aliphatic heterocycles. The Morgan fingerprint density at radius 3 is 2.67 bits per heavy atom. The van der Waals surface area contributed by atoms with Crippen LogP contribution in [0.5, 0.6) is 0 Å². The molecule has 1 saturated carbocycles. The summed E-state index contributed by atoms with van der Waals surface area (Å²) in [5, 5.41) is 5.15. The highest BCUT2D eigenvalue weighted by Gasteiger charge is 2.36. The van der Waals surface area contributed by atoms with E-state index in [1.54, 1.807) is 0 Å². The van der Waals surface area contributed by atoms with Gasteiger partial charge >= 0.3 is 0 Å². The lowest BCUT2D eigenvalue weighted by Crippen LogP contribution is -2.34. The SMILES string of the molecule is Cc1cc(-c2nc(C3(N)CCCC3)no2)c2cc(Br)ccc2n1.Cl. The molecule has 1 fully saturated rings. The summed E-state index contributed by atoms with van der Waals surface area (Å²) in [5.41, 5.74) is 8.71. The average molecular weight is 410 g/mol. The van der Waals surface area contributed by atoms with E-state index in [0.717, 1.165) is 52.3 Å². The number of hydrogen-bond donors (Lipinski definition) is 1. The second-order valence-electron chi connectivity index (χ2n) is 6.26. The second-order valence-corrected chi connectivity index (χ2v) is 7.17. The summed E-state index contributed by atoms with van der Waals surface area (Å²) in [5.74, 6) is 1.12. The van der Waals surface area contributed by atoms with Gasteiger partial charge in [0.05, 0.1) is 16.6 Å². The molecule has 0 unspecified atom stereocenters. The number of nitrogens with two attached hydrogens (primary N) is 1. The molecule has 0 radical (unpaired) electrons. The zero-order valence-electron chi connectivity index (χ0n) is 13.3. The molecular weight excluding hydrogens is 392 g/mol. The lowest BCUT2D eigenvalue weighted by molar-refractivity contribution is 0.373. The van der Waals surface area contributed by atoms with Gasteiger partial charge in [0.2, 0.25) is 0 Å². The molecule has 24 heavy (non-hydrogen) atoms. The smallest absolute Gasteiger partial charge is 0.258 e. The maximum atomic E-state index is 6.43. The van der Waals surface area contributed by atoms with E-state index in [-0.39, 0.29) is 12.4 Å². The fourth-order valence-electron chi connectivity index (χ4n) is 3.27. The van der Waals surface area contributed by atoms with Gasteiger partial charge in [-0.2, -0.15) is 4.98 Å². The van der Waals surface area contributed by atoms with Gasteiger partial charge in [-0.3, -0.25) is 4.98 Å². The standard InChI is InChI=1S/C17H17BrN4O.ClH/c1-10-8-13(12-9-11(18)4-5-14(12)20-10)15-21-16(22-23-15)17(19)6-2-3-7-17;/h4-5,8-9H,2-3,6-7,19H2,1H3;1H. The van der Waals surface area contributed by atoms with Crippen LogP contribution in [0.2, 0.25) is 0 Å². The van der Waals surface area contributed by atoms with Gasteiger partial charge in [0.15, 0.2) is 5.82 Å². The predicted octanol–water partition coefficient (Wildman–Crippen LogP) is 4.51. The summed E-state index contributed by atoms with van der Waals surface area (Å²) in [6.45, 7) is 1.96. The van der Waals surface area contributed by atoms with Gasteiger partial charge < -0.3 is 10.3 Å². The Bertz CT molecular complexity index is 889. The van der Waals surface area contributed by atoms with Crippen LogP contribution >= 0.6 is 28.3 Å². The summed E-state index contributed by atoms with van der Waals surface area (Å²) in [6, 6.07) is 7.96. The van der Waals surface area contributed by atoms with Crippen molar-refractivity contribution in [3.8, 4) is 11.5 Å². The summed E-state index contributed by atoms with van der Waals surface area (Å²) in [7, 11) is 0. The third-order valence-corrected chi connectivity index (χ3v) is 4.99. The van der Waals surface area contributed by atoms with Gasteiger partial charge in [-0.1, -0.05) is 33.9 Å². The van der Waals surface area contributed by atoms with Gasteiger partial charge in [-0.25, -0.2) is 0 Å². The van der Waals surface area contributed by atoms with Crippen LogP contribution in [-0.2, 0) is 5.54 Å². The van der Waals surface area contributed by atoms with Crippen molar-refractivity contribution >= 4 is 39.2 Å². The van der Waals surface area contributed by atoms with E-state index in [2.05, 4.69) is 31.1 Å². The van der Waals surface area contributed by atoms with Crippen molar-refractivity contribution in [2.45, 2.75) is 38.1 Å². The van der Waals surface area contributed by atoms with Crippen LogP contribution in [0.4, 0.5) is 0 Å². The Morgan fingerprint density at radius 2 is 1.92 bits per heavy atom. The maximum Gasteiger partial charge on any atom is 0.258 e. The molecule has 2 aromatic heterocycles. The number of benzene rings is 1. The van der Waals surface area contributed by atoms with Crippen LogP contribution in [0, 0.1) is 6.92 Å². The minimum atomic E-state index is -0.444. The van der Waals surface area contributed by atoms with Crippen LogP contribution in [0.1, 0.15) is 37.2 Å². The first-order valence-corrected chi connectivity index (χ1v) is 8.55. The van der Waals surface area contributed by atoms with Crippen molar-refractivity contribution in [3.63, 3.8) is 0 Å². The number of aromatic nitrogens is 3. The van der Waals surface area contributed by atoms with E-state index < -0.39 is 5.54 Å². The molecule has 1 aromatic carbocycles. The topological polar surface area (TPSA) is 77.8 Å². The highest BCUT2D eigenvalue weighted by molar-refractivity contribution is 9.10. The lowest BCUT2D eigenvalue weighted by atomic mass is 9.98. The minimum absolute atomic E-state index is 0. The first-order valence-electron chi connectivity index (χ1n) is 7.75.